The number of nitrogens with zero attached hydrogens (tertiary/aromatic N) is 2. The molecule has 0 radical (unpaired) electrons. The number of thioether (sulfide) groups is 1. The molecule has 0 aliphatic heterocycles. The van der Waals surface area contributed by atoms with Crippen LogP contribution in [0.2, 0.25) is 0 Å². The summed E-state index contributed by atoms with van der Waals surface area (Å²) >= 11 is 12.2. The van der Waals surface area contributed by atoms with Crippen molar-refractivity contribution in [3.05, 3.63) is 13.9 Å². The second-order valence-electron chi connectivity index (χ2n) is 3.28. The molecule has 0 aliphatic carbocycles. The van der Waals surface area contributed by atoms with Crippen LogP contribution in [0.4, 0.5) is 0 Å². The van der Waals surface area contributed by atoms with Gasteiger partial charge in [-0.1, -0.05) is 13.8 Å². The van der Waals surface area contributed by atoms with E-state index in [4.69, 9.17) is 0 Å². The van der Waals surface area contributed by atoms with Crippen LogP contribution in [-0.4, -0.2) is 15.3 Å². The van der Waals surface area contributed by atoms with Crippen molar-refractivity contribution in [1.82, 2.24) is 9.55 Å². The first kappa shape index (κ1) is 13.1. The van der Waals surface area contributed by atoms with Crippen molar-refractivity contribution in [3.63, 3.8) is 0 Å². The molecule has 0 bridgehead atoms. The highest BCUT2D eigenvalue weighted by atomic mass is 79.9. The lowest BCUT2D eigenvalue weighted by molar-refractivity contribution is 0.744. The first-order valence-electron chi connectivity index (χ1n) is 4.17. The maximum absolute atomic E-state index is 4.24. The number of halogens is 3. The van der Waals surface area contributed by atoms with Gasteiger partial charge in [0.2, 0.25) is 0 Å². The Balaban J connectivity index is 2.58. The molecule has 0 saturated carbocycles. The average Bonchev–Trinajstić information content (AvgIpc) is 2.31. The maximum atomic E-state index is 4.24. The molecular formula is C8H11Br3N2S. The van der Waals surface area contributed by atoms with Gasteiger partial charge in [0.05, 0.1) is 5.88 Å². The Hall–Kier alpha value is 1.000. The third-order valence-electron chi connectivity index (χ3n) is 1.49. The van der Waals surface area contributed by atoms with Crippen LogP contribution < -0.4 is 0 Å². The summed E-state index contributed by atoms with van der Waals surface area (Å²) in [5.74, 6) is 2.80. The van der Waals surface area contributed by atoms with Crippen LogP contribution in [0, 0.1) is 5.92 Å². The lowest BCUT2D eigenvalue weighted by Crippen LogP contribution is -1.98. The molecule has 6 heteroatoms. The summed E-state index contributed by atoms with van der Waals surface area (Å²) in [6.07, 6.45) is 0. The smallest absolute Gasteiger partial charge is 0.179 e. The quantitative estimate of drug-likeness (QED) is 0.731. The van der Waals surface area contributed by atoms with E-state index in [2.05, 4.69) is 71.2 Å². The van der Waals surface area contributed by atoms with Gasteiger partial charge in [-0.2, -0.15) is 0 Å². The van der Waals surface area contributed by atoms with Gasteiger partial charge in [0.1, 0.15) is 9.21 Å². The van der Waals surface area contributed by atoms with Crippen molar-refractivity contribution in [1.29, 1.82) is 0 Å². The number of aromatic nitrogens is 2. The van der Waals surface area contributed by atoms with E-state index in [1.54, 1.807) is 0 Å². The summed E-state index contributed by atoms with van der Waals surface area (Å²) in [5.41, 5.74) is 0. The lowest BCUT2D eigenvalue weighted by atomic mass is 10.3. The molecule has 0 spiro atoms. The van der Waals surface area contributed by atoms with Gasteiger partial charge in [0.15, 0.2) is 4.73 Å². The van der Waals surface area contributed by atoms with Crippen molar-refractivity contribution in [2.24, 2.45) is 5.92 Å². The first-order valence-corrected chi connectivity index (χ1v) is 7.70. The topological polar surface area (TPSA) is 17.8 Å². The molecule has 0 amide bonds. The molecule has 0 atom stereocenters. The fourth-order valence-corrected chi connectivity index (χ4v) is 3.93. The summed E-state index contributed by atoms with van der Waals surface area (Å²) in [6.45, 7) is 4.45. The number of hydrogen-bond acceptors (Lipinski definition) is 2. The zero-order valence-corrected chi connectivity index (χ0v) is 13.5. The highest BCUT2D eigenvalue weighted by molar-refractivity contribution is 9.13. The van der Waals surface area contributed by atoms with E-state index in [9.17, 15) is 0 Å². The third kappa shape index (κ3) is 3.54. The third-order valence-corrected chi connectivity index (χ3v) is 5.33. The molecule has 1 aromatic rings. The molecule has 0 aromatic carbocycles. The second kappa shape index (κ2) is 5.92. The maximum Gasteiger partial charge on any atom is 0.179 e. The summed E-state index contributed by atoms with van der Waals surface area (Å²) in [5, 5.41) is 0. The second-order valence-corrected chi connectivity index (χ2v) is 6.50. The van der Waals surface area contributed by atoms with E-state index in [0.717, 1.165) is 31.5 Å². The van der Waals surface area contributed by atoms with E-state index < -0.39 is 0 Å². The molecule has 1 rings (SSSR count). The van der Waals surface area contributed by atoms with Gasteiger partial charge in [-0.3, -0.25) is 0 Å². The molecule has 14 heavy (non-hydrogen) atoms. The zero-order valence-electron chi connectivity index (χ0n) is 7.93. The van der Waals surface area contributed by atoms with Crippen LogP contribution in [0.1, 0.15) is 13.8 Å². The largest absolute Gasteiger partial charge is 0.302 e. The van der Waals surface area contributed by atoms with Crippen molar-refractivity contribution in [3.8, 4) is 0 Å². The fourth-order valence-electron chi connectivity index (χ4n) is 0.869. The van der Waals surface area contributed by atoms with Crippen LogP contribution >= 0.6 is 59.6 Å². The minimum absolute atomic E-state index is 0.726. The Labute approximate surface area is 114 Å². The normalized spacial score (nSPS) is 11.3. The van der Waals surface area contributed by atoms with E-state index >= 15 is 0 Å². The van der Waals surface area contributed by atoms with Crippen LogP contribution in [-0.2, 0) is 5.88 Å². The Morgan fingerprint density at radius 1 is 1.36 bits per heavy atom. The van der Waals surface area contributed by atoms with E-state index in [1.165, 1.54) is 0 Å². The monoisotopic (exact) mass is 404 g/mol. The van der Waals surface area contributed by atoms with Gasteiger partial charge in [-0.15, -0.1) is 11.8 Å². The van der Waals surface area contributed by atoms with E-state index in [-0.39, 0.29) is 0 Å². The Kier molecular flexibility index (Phi) is 5.52. The molecular weight excluding hydrogens is 396 g/mol. The molecule has 1 aromatic heterocycles. The van der Waals surface area contributed by atoms with Crippen molar-refractivity contribution in [2.45, 2.75) is 19.7 Å². The highest BCUT2D eigenvalue weighted by Crippen LogP contribution is 2.28. The lowest BCUT2D eigenvalue weighted by Gasteiger charge is -2.07. The zero-order chi connectivity index (χ0) is 10.7. The molecule has 0 N–H and O–H groups in total. The predicted octanol–water partition coefficient (Wildman–Crippen LogP) is 4.52. The van der Waals surface area contributed by atoms with Gasteiger partial charge >= 0.3 is 0 Å². The SMILES string of the molecule is CC(C)CSCn1c(Br)nc(Br)c1Br. The Bertz CT molecular complexity index is 312. The average molecular weight is 407 g/mol. The molecule has 0 saturated heterocycles. The molecule has 80 valence electrons. The summed E-state index contributed by atoms with van der Waals surface area (Å²) in [4.78, 5) is 4.24. The van der Waals surface area contributed by atoms with Crippen LogP contribution in [0.3, 0.4) is 0 Å². The molecule has 0 unspecified atom stereocenters. The fraction of sp³-hybridized carbons (Fsp3) is 0.625. The van der Waals surface area contributed by atoms with Crippen LogP contribution in [0.15, 0.2) is 13.9 Å². The van der Waals surface area contributed by atoms with Gasteiger partial charge in [0, 0.05) is 0 Å². The van der Waals surface area contributed by atoms with Crippen molar-refractivity contribution < 1.29 is 0 Å². The van der Waals surface area contributed by atoms with Gasteiger partial charge in [0.25, 0.3) is 0 Å². The number of hydrogen-bond donors (Lipinski definition) is 0. The van der Waals surface area contributed by atoms with Crippen molar-refractivity contribution >= 4 is 59.6 Å². The summed E-state index contributed by atoms with van der Waals surface area (Å²) < 4.78 is 4.76. The molecule has 0 fully saturated rings. The number of rotatable bonds is 4. The highest BCUT2D eigenvalue weighted by Gasteiger charge is 2.10. The van der Waals surface area contributed by atoms with Gasteiger partial charge in [-0.05, 0) is 59.5 Å². The summed E-state index contributed by atoms with van der Waals surface area (Å²) in [6, 6.07) is 0. The van der Waals surface area contributed by atoms with Crippen molar-refractivity contribution in [2.75, 3.05) is 5.75 Å². The predicted molar refractivity (Wildman–Crippen MR) is 72.6 cm³/mol. The minimum Gasteiger partial charge on any atom is -0.302 e. The molecule has 1 heterocycles. The first-order chi connectivity index (χ1) is 6.52. The molecule has 0 aliphatic rings. The van der Waals surface area contributed by atoms with E-state index in [1.807, 2.05) is 11.8 Å². The van der Waals surface area contributed by atoms with E-state index in [0.29, 0.717) is 0 Å². The molecule has 2 nitrogen and oxygen atoms in total. The van der Waals surface area contributed by atoms with Gasteiger partial charge in [-0.25, -0.2) is 4.98 Å². The minimum atomic E-state index is 0.726. The van der Waals surface area contributed by atoms with Crippen LogP contribution in [0.5, 0.6) is 0 Å². The Morgan fingerprint density at radius 2 is 2.00 bits per heavy atom. The number of imidazole rings is 1. The van der Waals surface area contributed by atoms with Gasteiger partial charge < -0.3 is 4.57 Å². The van der Waals surface area contributed by atoms with Crippen LogP contribution in [0.25, 0.3) is 0 Å². The Morgan fingerprint density at radius 3 is 2.43 bits per heavy atom. The summed E-state index contributed by atoms with van der Waals surface area (Å²) in [7, 11) is 0. The standard InChI is InChI=1S/C8H11Br3N2S/c1-5(2)3-14-4-13-7(10)6(9)12-8(13)11/h5H,3-4H2,1-2H3.